The second-order valence-corrected chi connectivity index (χ2v) is 10.2. The molecule has 1 amide bonds. The third-order valence-electron chi connectivity index (χ3n) is 7.07. The lowest BCUT2D eigenvalue weighted by molar-refractivity contribution is -0.154. The molecule has 7 heteroatoms. The average molecular weight is 516 g/mol. The summed E-state index contributed by atoms with van der Waals surface area (Å²) in [5.41, 5.74) is 3.94. The zero-order valence-corrected chi connectivity index (χ0v) is 22.3. The third kappa shape index (κ3) is 7.18. The van der Waals surface area contributed by atoms with E-state index in [1.165, 1.54) is 25.7 Å². The van der Waals surface area contributed by atoms with E-state index in [0.717, 1.165) is 41.0 Å². The molecular formula is C31H37N3O4. The van der Waals surface area contributed by atoms with Crippen LogP contribution in [0.1, 0.15) is 51.5 Å². The number of rotatable bonds is 13. The molecule has 1 fully saturated rings. The summed E-state index contributed by atoms with van der Waals surface area (Å²) in [6, 6.07) is 16.0. The van der Waals surface area contributed by atoms with Gasteiger partial charge in [-0.05, 0) is 36.1 Å². The summed E-state index contributed by atoms with van der Waals surface area (Å²) >= 11 is 0. The summed E-state index contributed by atoms with van der Waals surface area (Å²) in [5.74, 6) is 0.0696. The molecule has 7 nitrogen and oxygen atoms in total. The minimum atomic E-state index is -0.834. The second kappa shape index (κ2) is 13.2. The molecule has 200 valence electrons. The van der Waals surface area contributed by atoms with Crippen molar-refractivity contribution in [2.45, 2.75) is 52.4 Å². The largest absolute Gasteiger partial charge is 0.494 e. The summed E-state index contributed by atoms with van der Waals surface area (Å²) in [7, 11) is 0. The number of unbranched alkanes of at least 4 members (excludes halogenated alkanes) is 4. The molecule has 0 unspecified atom stereocenters. The smallest absolute Gasteiger partial charge is 0.310 e. The van der Waals surface area contributed by atoms with Crippen LogP contribution in [0.15, 0.2) is 60.9 Å². The fraction of sp³-hybridized carbons (Fsp3) is 0.419. The Labute approximate surface area is 224 Å². The Hall–Kier alpha value is -3.74. The number of carboxylic acid groups (broad SMARTS) is 1. The molecule has 1 aliphatic heterocycles. The van der Waals surface area contributed by atoms with Gasteiger partial charge in [-0.1, -0.05) is 75.9 Å². The lowest BCUT2D eigenvalue weighted by atomic mass is 9.94. The minimum absolute atomic E-state index is 0.00695. The van der Waals surface area contributed by atoms with Crippen molar-refractivity contribution in [2.75, 3.05) is 19.7 Å². The first-order valence-electron chi connectivity index (χ1n) is 13.6. The van der Waals surface area contributed by atoms with E-state index in [0.29, 0.717) is 25.3 Å². The number of carboxylic acids is 1. The van der Waals surface area contributed by atoms with Gasteiger partial charge >= 0.3 is 5.97 Å². The number of carbonyl (C=O) groups is 2. The van der Waals surface area contributed by atoms with Gasteiger partial charge < -0.3 is 14.7 Å². The van der Waals surface area contributed by atoms with E-state index in [2.05, 4.69) is 16.9 Å². The zero-order valence-electron chi connectivity index (χ0n) is 22.3. The summed E-state index contributed by atoms with van der Waals surface area (Å²) in [4.78, 5) is 34.3. The van der Waals surface area contributed by atoms with Crippen LogP contribution in [-0.2, 0) is 16.0 Å². The van der Waals surface area contributed by atoms with Crippen LogP contribution < -0.4 is 4.74 Å². The molecule has 0 bridgehead atoms. The molecule has 0 spiro atoms. The van der Waals surface area contributed by atoms with Crippen LogP contribution in [0, 0.1) is 11.8 Å². The minimum Gasteiger partial charge on any atom is -0.494 e. The third-order valence-corrected chi connectivity index (χ3v) is 7.07. The van der Waals surface area contributed by atoms with Gasteiger partial charge in [0.05, 0.1) is 12.5 Å². The highest BCUT2D eigenvalue weighted by molar-refractivity contribution is 5.82. The van der Waals surface area contributed by atoms with Crippen molar-refractivity contribution in [3.05, 3.63) is 66.5 Å². The molecule has 4 rings (SSSR count). The van der Waals surface area contributed by atoms with Crippen molar-refractivity contribution < 1.29 is 19.4 Å². The Morgan fingerprint density at radius 1 is 0.921 bits per heavy atom. The normalized spacial score (nSPS) is 14.1. The number of aromatic nitrogens is 2. The van der Waals surface area contributed by atoms with Crippen molar-refractivity contribution in [1.82, 2.24) is 14.9 Å². The van der Waals surface area contributed by atoms with Crippen LogP contribution in [-0.4, -0.2) is 51.5 Å². The average Bonchev–Trinajstić information content (AvgIpc) is 2.90. The van der Waals surface area contributed by atoms with Gasteiger partial charge in [-0.3, -0.25) is 9.59 Å². The maximum atomic E-state index is 12.6. The fourth-order valence-corrected chi connectivity index (χ4v) is 4.62. The van der Waals surface area contributed by atoms with E-state index in [4.69, 9.17) is 9.84 Å². The molecule has 3 aromatic rings. The number of nitrogens with zero attached hydrogens (tertiary/aromatic N) is 3. The Bertz CT molecular complexity index is 1190. The monoisotopic (exact) mass is 515 g/mol. The molecule has 2 heterocycles. The molecule has 1 saturated heterocycles. The van der Waals surface area contributed by atoms with Crippen LogP contribution in [0.25, 0.3) is 22.5 Å². The molecule has 1 aliphatic rings. The Balaban J connectivity index is 1.27. The predicted octanol–water partition coefficient (Wildman–Crippen LogP) is 5.88. The van der Waals surface area contributed by atoms with Crippen LogP contribution in [0.5, 0.6) is 5.75 Å². The van der Waals surface area contributed by atoms with Crippen molar-refractivity contribution in [3.63, 3.8) is 0 Å². The van der Waals surface area contributed by atoms with E-state index < -0.39 is 11.9 Å². The van der Waals surface area contributed by atoms with E-state index in [9.17, 15) is 9.59 Å². The van der Waals surface area contributed by atoms with Crippen LogP contribution in [0.2, 0.25) is 0 Å². The second-order valence-electron chi connectivity index (χ2n) is 10.2. The predicted molar refractivity (Wildman–Crippen MR) is 148 cm³/mol. The molecule has 2 aromatic carbocycles. The van der Waals surface area contributed by atoms with E-state index in [1.54, 1.807) is 4.90 Å². The molecular weight excluding hydrogens is 478 g/mol. The molecule has 1 N–H and O–H groups in total. The lowest BCUT2D eigenvalue weighted by Gasteiger charge is -2.38. The quantitative estimate of drug-likeness (QED) is 0.286. The van der Waals surface area contributed by atoms with Crippen molar-refractivity contribution >= 4 is 11.9 Å². The van der Waals surface area contributed by atoms with Gasteiger partial charge in [0, 0.05) is 42.5 Å². The summed E-state index contributed by atoms with van der Waals surface area (Å²) in [6.45, 7) is 5.48. The highest BCUT2D eigenvalue weighted by atomic mass is 16.5. The zero-order chi connectivity index (χ0) is 26.9. The van der Waals surface area contributed by atoms with Gasteiger partial charge in [0.15, 0.2) is 5.82 Å². The number of ether oxygens (including phenoxy) is 1. The Morgan fingerprint density at radius 2 is 1.55 bits per heavy atom. The molecule has 38 heavy (non-hydrogen) atoms. The first kappa shape index (κ1) is 27.3. The molecule has 1 aromatic heterocycles. The maximum absolute atomic E-state index is 12.6. The van der Waals surface area contributed by atoms with E-state index >= 15 is 0 Å². The number of benzene rings is 2. The van der Waals surface area contributed by atoms with Crippen molar-refractivity contribution in [2.24, 2.45) is 11.8 Å². The summed E-state index contributed by atoms with van der Waals surface area (Å²) < 4.78 is 5.86. The first-order valence-corrected chi connectivity index (χ1v) is 13.6. The van der Waals surface area contributed by atoms with Gasteiger partial charge in [0.25, 0.3) is 0 Å². The Kier molecular flexibility index (Phi) is 9.46. The number of hydrogen-bond acceptors (Lipinski definition) is 5. The number of hydrogen-bond donors (Lipinski definition) is 1. The van der Waals surface area contributed by atoms with Gasteiger partial charge in [0.2, 0.25) is 5.91 Å². The van der Waals surface area contributed by atoms with E-state index in [-0.39, 0.29) is 11.8 Å². The molecule has 0 saturated carbocycles. The van der Waals surface area contributed by atoms with Gasteiger partial charge in [-0.15, -0.1) is 0 Å². The number of aliphatic carboxylic acids is 1. The first-order chi connectivity index (χ1) is 18.4. The maximum Gasteiger partial charge on any atom is 0.310 e. The lowest BCUT2D eigenvalue weighted by Crippen LogP contribution is -2.54. The molecule has 0 radical (unpaired) electrons. The highest BCUT2D eigenvalue weighted by Crippen LogP contribution is 2.25. The van der Waals surface area contributed by atoms with Crippen LogP contribution in [0.4, 0.5) is 0 Å². The number of likely N-dealkylation sites (tertiary alicyclic amines) is 1. The number of amides is 1. The summed E-state index contributed by atoms with van der Waals surface area (Å²) in [5, 5.41) is 9.01. The summed E-state index contributed by atoms with van der Waals surface area (Å²) in [6.07, 6.45) is 10.4. The molecule has 1 atom stereocenters. The SMILES string of the molecule is CCCCCCCOc1ccc(-c2cnc(-c3ccc(C[C@H](C)C(=O)N4CC(C(=O)O)C4)cc3)nc2)cc1. The van der Waals surface area contributed by atoms with E-state index in [1.807, 2.05) is 67.8 Å². The Morgan fingerprint density at radius 3 is 2.18 bits per heavy atom. The number of carbonyl (C=O) groups excluding carboxylic acids is 1. The topological polar surface area (TPSA) is 92.6 Å². The highest BCUT2D eigenvalue weighted by Gasteiger charge is 2.37. The van der Waals surface area contributed by atoms with Crippen LogP contribution in [0.3, 0.4) is 0 Å². The van der Waals surface area contributed by atoms with Gasteiger partial charge in [0.1, 0.15) is 5.75 Å². The molecule has 0 aliphatic carbocycles. The van der Waals surface area contributed by atoms with Crippen LogP contribution >= 0.6 is 0 Å². The van der Waals surface area contributed by atoms with Crippen molar-refractivity contribution in [1.29, 1.82) is 0 Å². The van der Waals surface area contributed by atoms with Gasteiger partial charge in [-0.25, -0.2) is 9.97 Å². The van der Waals surface area contributed by atoms with Crippen molar-refractivity contribution in [3.8, 4) is 28.3 Å². The fourth-order valence-electron chi connectivity index (χ4n) is 4.62. The standard InChI is InChI=1S/C31H37N3O4/c1-3-4-5-6-7-16-38-28-14-12-24(13-15-28)26-18-32-29(33-19-26)25-10-8-23(9-11-25)17-22(2)30(35)34-20-27(21-34)31(36)37/h8-15,18-19,22,27H,3-7,16-17,20-21H2,1-2H3,(H,36,37)/t22-/m0/s1. The van der Waals surface area contributed by atoms with Gasteiger partial charge in [-0.2, -0.15) is 0 Å².